The fraction of sp³-hybridized carbons (Fsp3) is 0.538. The molecule has 1 aliphatic heterocycles. The number of carbonyl (C=O) groups excluding carboxylic acids is 1. The van der Waals surface area contributed by atoms with Crippen LogP contribution in [-0.4, -0.2) is 42.0 Å². The van der Waals surface area contributed by atoms with Crippen LogP contribution in [0.2, 0.25) is 0 Å². The Morgan fingerprint density at radius 2 is 2.16 bits per heavy atom. The van der Waals surface area contributed by atoms with Crippen molar-refractivity contribution in [2.75, 3.05) is 20.1 Å². The van der Waals surface area contributed by atoms with E-state index in [0.717, 1.165) is 32.4 Å². The van der Waals surface area contributed by atoms with E-state index in [-0.39, 0.29) is 30.7 Å². The quantitative estimate of drug-likeness (QED) is 0.910. The second-order valence-electron chi connectivity index (χ2n) is 4.49. The van der Waals surface area contributed by atoms with Gasteiger partial charge in [0.05, 0.1) is 5.56 Å². The predicted octanol–water partition coefficient (Wildman–Crippen LogP) is 2.14. The highest BCUT2D eigenvalue weighted by molar-refractivity contribution is 5.93. The monoisotopic (exact) mass is 305 g/mol. The normalized spacial score (nSPS) is 18.5. The van der Waals surface area contributed by atoms with Crippen LogP contribution in [0, 0.1) is 0 Å². The van der Waals surface area contributed by atoms with E-state index in [4.69, 9.17) is 0 Å². The highest BCUT2D eigenvalue weighted by Crippen LogP contribution is 2.14. The number of nitrogens with zero attached hydrogens (tertiary/aromatic N) is 2. The smallest absolute Gasteiger partial charge is 0.255 e. The second-order valence-corrected chi connectivity index (χ2v) is 4.49. The summed E-state index contributed by atoms with van der Waals surface area (Å²) in [5, 5.41) is 3.36. The summed E-state index contributed by atoms with van der Waals surface area (Å²) in [6.45, 7) is 2.06. The third kappa shape index (κ3) is 4.97. The van der Waals surface area contributed by atoms with E-state index < -0.39 is 0 Å². The van der Waals surface area contributed by atoms with E-state index in [2.05, 4.69) is 10.3 Å². The predicted molar refractivity (Wildman–Crippen MR) is 81.3 cm³/mol. The lowest BCUT2D eigenvalue weighted by Crippen LogP contribution is -2.37. The first kappa shape index (κ1) is 18.2. The van der Waals surface area contributed by atoms with Gasteiger partial charge in [0.15, 0.2) is 0 Å². The SMILES string of the molecule is CN(C(=O)c1cccnc1)C1CCCNCC1.Cl.Cl. The molecular weight excluding hydrogens is 285 g/mol. The molecule has 1 N–H and O–H groups in total. The number of aromatic nitrogens is 1. The third-order valence-electron chi connectivity index (χ3n) is 3.32. The molecule has 1 unspecified atom stereocenters. The number of pyridine rings is 1. The summed E-state index contributed by atoms with van der Waals surface area (Å²) in [5.74, 6) is 0.0741. The van der Waals surface area contributed by atoms with Crippen molar-refractivity contribution in [3.63, 3.8) is 0 Å². The van der Waals surface area contributed by atoms with E-state index >= 15 is 0 Å². The summed E-state index contributed by atoms with van der Waals surface area (Å²) in [6.07, 6.45) is 6.56. The van der Waals surface area contributed by atoms with E-state index in [9.17, 15) is 4.79 Å². The Hall–Kier alpha value is -0.840. The number of amides is 1. The van der Waals surface area contributed by atoms with E-state index in [1.54, 1.807) is 18.5 Å². The number of rotatable bonds is 2. The molecule has 108 valence electrons. The molecule has 1 fully saturated rings. The van der Waals surface area contributed by atoms with Crippen molar-refractivity contribution in [1.82, 2.24) is 15.2 Å². The zero-order valence-corrected chi connectivity index (χ0v) is 12.7. The second kappa shape index (κ2) is 9.13. The molecule has 4 nitrogen and oxygen atoms in total. The van der Waals surface area contributed by atoms with Gasteiger partial charge in [0.2, 0.25) is 0 Å². The summed E-state index contributed by atoms with van der Waals surface area (Å²) < 4.78 is 0. The Morgan fingerprint density at radius 3 is 2.84 bits per heavy atom. The molecule has 0 saturated carbocycles. The Bertz CT molecular complexity index is 367. The summed E-state index contributed by atoms with van der Waals surface area (Å²) in [5.41, 5.74) is 0.673. The van der Waals surface area contributed by atoms with Gasteiger partial charge in [-0.1, -0.05) is 0 Å². The minimum Gasteiger partial charge on any atom is -0.339 e. The van der Waals surface area contributed by atoms with E-state index in [0.29, 0.717) is 11.6 Å². The molecule has 1 saturated heterocycles. The Labute approximate surface area is 126 Å². The first-order valence-corrected chi connectivity index (χ1v) is 6.17. The topological polar surface area (TPSA) is 45.2 Å². The molecule has 1 aliphatic rings. The van der Waals surface area contributed by atoms with Gasteiger partial charge < -0.3 is 10.2 Å². The maximum atomic E-state index is 12.2. The Balaban J connectivity index is 0.00000162. The van der Waals surface area contributed by atoms with Crippen molar-refractivity contribution in [2.24, 2.45) is 0 Å². The van der Waals surface area contributed by atoms with Gasteiger partial charge in [-0.05, 0) is 44.5 Å². The van der Waals surface area contributed by atoms with E-state index in [1.165, 1.54) is 0 Å². The molecule has 19 heavy (non-hydrogen) atoms. The van der Waals surface area contributed by atoms with Crippen molar-refractivity contribution >= 4 is 30.7 Å². The summed E-state index contributed by atoms with van der Waals surface area (Å²) >= 11 is 0. The molecule has 1 amide bonds. The number of carbonyl (C=O) groups is 1. The largest absolute Gasteiger partial charge is 0.339 e. The zero-order chi connectivity index (χ0) is 12.1. The molecule has 6 heteroatoms. The van der Waals surface area contributed by atoms with Crippen LogP contribution in [0.25, 0.3) is 0 Å². The number of hydrogen-bond donors (Lipinski definition) is 1. The summed E-state index contributed by atoms with van der Waals surface area (Å²) in [6, 6.07) is 3.97. The first-order chi connectivity index (χ1) is 8.29. The lowest BCUT2D eigenvalue weighted by molar-refractivity contribution is 0.0720. The van der Waals surface area contributed by atoms with Crippen molar-refractivity contribution < 1.29 is 4.79 Å². The van der Waals surface area contributed by atoms with Crippen molar-refractivity contribution in [3.05, 3.63) is 30.1 Å². The van der Waals surface area contributed by atoms with Gasteiger partial charge in [0.25, 0.3) is 5.91 Å². The van der Waals surface area contributed by atoms with Gasteiger partial charge in [-0.3, -0.25) is 9.78 Å². The van der Waals surface area contributed by atoms with Crippen molar-refractivity contribution in [2.45, 2.75) is 25.3 Å². The van der Waals surface area contributed by atoms with Gasteiger partial charge in [-0.25, -0.2) is 0 Å². The number of nitrogens with one attached hydrogen (secondary N) is 1. The average Bonchev–Trinajstić information content (AvgIpc) is 2.67. The van der Waals surface area contributed by atoms with Crippen LogP contribution in [0.5, 0.6) is 0 Å². The summed E-state index contributed by atoms with van der Waals surface area (Å²) in [4.78, 5) is 18.1. The van der Waals surface area contributed by atoms with Crippen LogP contribution < -0.4 is 5.32 Å². The average molecular weight is 306 g/mol. The van der Waals surface area contributed by atoms with Crippen LogP contribution in [0.4, 0.5) is 0 Å². The van der Waals surface area contributed by atoms with Gasteiger partial charge in [0, 0.05) is 25.5 Å². The third-order valence-corrected chi connectivity index (χ3v) is 3.32. The van der Waals surface area contributed by atoms with Crippen LogP contribution >= 0.6 is 24.8 Å². The minimum absolute atomic E-state index is 0. The zero-order valence-electron chi connectivity index (χ0n) is 11.0. The Kier molecular flexibility index (Phi) is 8.72. The van der Waals surface area contributed by atoms with Gasteiger partial charge in [-0.15, -0.1) is 24.8 Å². The van der Waals surface area contributed by atoms with Crippen LogP contribution in [0.3, 0.4) is 0 Å². The fourth-order valence-electron chi connectivity index (χ4n) is 2.25. The molecule has 1 aromatic heterocycles. The standard InChI is InChI=1S/C13H19N3O.2ClH/c1-16(12-5-3-7-14-9-6-12)13(17)11-4-2-8-15-10-11;;/h2,4,8,10,12,14H,3,5-7,9H2,1H3;2*1H. The van der Waals surface area contributed by atoms with E-state index in [1.807, 2.05) is 18.0 Å². The van der Waals surface area contributed by atoms with Crippen LogP contribution in [0.15, 0.2) is 24.5 Å². The van der Waals surface area contributed by atoms with Crippen molar-refractivity contribution in [3.8, 4) is 0 Å². The molecule has 1 atom stereocenters. The molecule has 0 spiro atoms. The molecule has 0 radical (unpaired) electrons. The highest BCUT2D eigenvalue weighted by Gasteiger charge is 2.21. The molecule has 0 aromatic carbocycles. The lowest BCUT2D eigenvalue weighted by Gasteiger charge is -2.27. The highest BCUT2D eigenvalue weighted by atomic mass is 35.5. The maximum Gasteiger partial charge on any atom is 0.255 e. The first-order valence-electron chi connectivity index (χ1n) is 6.17. The van der Waals surface area contributed by atoms with Gasteiger partial charge in [-0.2, -0.15) is 0 Å². The molecule has 0 bridgehead atoms. The van der Waals surface area contributed by atoms with Crippen LogP contribution in [0.1, 0.15) is 29.6 Å². The number of hydrogen-bond acceptors (Lipinski definition) is 3. The minimum atomic E-state index is 0. The van der Waals surface area contributed by atoms with Gasteiger partial charge >= 0.3 is 0 Å². The number of halogens is 2. The lowest BCUT2D eigenvalue weighted by atomic mass is 10.1. The van der Waals surface area contributed by atoms with Crippen molar-refractivity contribution in [1.29, 1.82) is 0 Å². The summed E-state index contributed by atoms with van der Waals surface area (Å²) in [7, 11) is 1.89. The molecule has 0 aliphatic carbocycles. The molecule has 1 aromatic rings. The molecule has 2 rings (SSSR count). The van der Waals surface area contributed by atoms with Crippen LogP contribution in [-0.2, 0) is 0 Å². The Morgan fingerprint density at radius 1 is 1.37 bits per heavy atom. The molecular formula is C13H21Cl2N3O. The molecule has 2 heterocycles. The van der Waals surface area contributed by atoms with Gasteiger partial charge in [0.1, 0.15) is 0 Å². The maximum absolute atomic E-state index is 12.2. The fourth-order valence-corrected chi connectivity index (χ4v) is 2.25.